The Morgan fingerprint density at radius 1 is 1.30 bits per heavy atom. The average molecular weight is 287 g/mol. The molecular formula is C15H17N3OS. The number of amidine groups is 1. The van der Waals surface area contributed by atoms with Gasteiger partial charge in [-0.1, -0.05) is 23.4 Å². The van der Waals surface area contributed by atoms with Crippen molar-refractivity contribution in [1.82, 2.24) is 0 Å². The number of hydrogen-bond donors (Lipinski definition) is 2. The Hall–Kier alpha value is -2.01. The molecule has 2 aromatic rings. The van der Waals surface area contributed by atoms with Crippen LogP contribution in [0, 0.1) is 0 Å². The molecule has 1 fully saturated rings. The molecule has 20 heavy (non-hydrogen) atoms. The summed E-state index contributed by atoms with van der Waals surface area (Å²) < 4.78 is 0. The van der Waals surface area contributed by atoms with Crippen LogP contribution in [0.1, 0.15) is 23.3 Å². The first-order chi connectivity index (χ1) is 9.79. The van der Waals surface area contributed by atoms with Gasteiger partial charge < -0.3 is 15.8 Å². The highest BCUT2D eigenvalue weighted by Crippen LogP contribution is 2.35. The van der Waals surface area contributed by atoms with Gasteiger partial charge in [0.05, 0.1) is 6.54 Å². The fraction of sp³-hybridized carbons (Fsp3) is 0.267. The molecule has 0 radical (unpaired) electrons. The molecule has 1 aromatic heterocycles. The van der Waals surface area contributed by atoms with Crippen molar-refractivity contribution in [3.8, 4) is 0 Å². The van der Waals surface area contributed by atoms with Crippen molar-refractivity contribution >= 4 is 22.9 Å². The summed E-state index contributed by atoms with van der Waals surface area (Å²) in [4.78, 5) is 3.69. The van der Waals surface area contributed by atoms with E-state index >= 15 is 0 Å². The van der Waals surface area contributed by atoms with E-state index in [2.05, 4.69) is 27.6 Å². The van der Waals surface area contributed by atoms with Crippen LogP contribution < -0.4 is 10.6 Å². The molecule has 1 aliphatic rings. The number of para-hydroxylation sites is 1. The summed E-state index contributed by atoms with van der Waals surface area (Å²) in [5.41, 5.74) is 7.63. The zero-order chi connectivity index (χ0) is 13.9. The topological polar surface area (TPSA) is 61.9 Å². The molecule has 3 N–H and O–H groups in total. The molecule has 0 atom stereocenters. The molecule has 0 spiro atoms. The lowest BCUT2D eigenvalue weighted by Crippen LogP contribution is -2.28. The number of nitrogens with zero attached hydrogens (tertiary/aromatic N) is 2. The van der Waals surface area contributed by atoms with E-state index in [1.165, 1.54) is 17.7 Å². The predicted octanol–water partition coefficient (Wildman–Crippen LogP) is 3.01. The molecular weight excluding hydrogens is 270 g/mol. The third kappa shape index (κ3) is 2.63. The van der Waals surface area contributed by atoms with Crippen molar-refractivity contribution in [2.45, 2.75) is 25.4 Å². The van der Waals surface area contributed by atoms with E-state index in [1.54, 1.807) is 11.3 Å². The Bertz CT molecular complexity index is 605. The lowest BCUT2D eigenvalue weighted by atomic mass is 10.1. The summed E-state index contributed by atoms with van der Waals surface area (Å²) in [5, 5.41) is 14.2. The Morgan fingerprint density at radius 2 is 2.10 bits per heavy atom. The van der Waals surface area contributed by atoms with Gasteiger partial charge in [0.2, 0.25) is 0 Å². The van der Waals surface area contributed by atoms with Crippen LogP contribution >= 0.6 is 11.3 Å². The number of anilines is 1. The molecule has 1 aromatic carbocycles. The van der Waals surface area contributed by atoms with Gasteiger partial charge in [0.1, 0.15) is 0 Å². The van der Waals surface area contributed by atoms with E-state index in [9.17, 15) is 0 Å². The highest BCUT2D eigenvalue weighted by molar-refractivity contribution is 7.09. The summed E-state index contributed by atoms with van der Waals surface area (Å²) in [6.45, 7) is 0.873. The molecule has 104 valence electrons. The molecule has 0 unspecified atom stereocenters. The first-order valence-corrected chi connectivity index (χ1v) is 7.53. The second-order valence-electron chi connectivity index (χ2n) is 4.94. The van der Waals surface area contributed by atoms with Crippen LogP contribution in [0.5, 0.6) is 0 Å². The molecule has 0 bridgehead atoms. The van der Waals surface area contributed by atoms with Crippen LogP contribution in [0.3, 0.4) is 0 Å². The maximum atomic E-state index is 8.95. The first-order valence-electron chi connectivity index (χ1n) is 6.65. The number of rotatable bonds is 5. The zero-order valence-electron chi connectivity index (χ0n) is 11.1. The fourth-order valence-corrected chi connectivity index (χ4v) is 3.06. The molecule has 1 heterocycles. The van der Waals surface area contributed by atoms with Crippen molar-refractivity contribution in [1.29, 1.82) is 0 Å². The molecule has 4 nitrogen and oxygen atoms in total. The predicted molar refractivity (Wildman–Crippen MR) is 82.5 cm³/mol. The van der Waals surface area contributed by atoms with E-state index in [4.69, 9.17) is 10.9 Å². The van der Waals surface area contributed by atoms with Gasteiger partial charge in [-0.15, -0.1) is 11.3 Å². The second kappa shape index (κ2) is 5.54. The normalized spacial score (nSPS) is 15.3. The number of thiophene rings is 1. The van der Waals surface area contributed by atoms with Gasteiger partial charge >= 0.3 is 0 Å². The van der Waals surface area contributed by atoms with Crippen LogP contribution in [-0.2, 0) is 6.54 Å². The molecule has 0 amide bonds. The van der Waals surface area contributed by atoms with Gasteiger partial charge in [-0.25, -0.2) is 0 Å². The van der Waals surface area contributed by atoms with Gasteiger partial charge in [-0.2, -0.15) is 0 Å². The molecule has 0 aliphatic heterocycles. The molecule has 1 saturated carbocycles. The number of benzene rings is 1. The minimum atomic E-state index is 0.164. The summed E-state index contributed by atoms with van der Waals surface area (Å²) in [6.07, 6.45) is 2.41. The van der Waals surface area contributed by atoms with Gasteiger partial charge in [0, 0.05) is 22.2 Å². The highest BCUT2D eigenvalue weighted by atomic mass is 32.1. The number of oxime groups is 1. The quantitative estimate of drug-likeness (QED) is 0.384. The Balaban J connectivity index is 1.95. The monoisotopic (exact) mass is 287 g/mol. The zero-order valence-corrected chi connectivity index (χ0v) is 11.9. The van der Waals surface area contributed by atoms with Crippen molar-refractivity contribution in [3.05, 3.63) is 52.2 Å². The van der Waals surface area contributed by atoms with Crippen molar-refractivity contribution in [2.75, 3.05) is 4.90 Å². The highest BCUT2D eigenvalue weighted by Gasteiger charge is 2.31. The minimum absolute atomic E-state index is 0.164. The molecule has 1 aliphatic carbocycles. The van der Waals surface area contributed by atoms with E-state index < -0.39 is 0 Å². The van der Waals surface area contributed by atoms with Crippen LogP contribution in [0.2, 0.25) is 0 Å². The van der Waals surface area contributed by atoms with Gasteiger partial charge in [-0.3, -0.25) is 0 Å². The lowest BCUT2D eigenvalue weighted by molar-refractivity contribution is 0.318. The van der Waals surface area contributed by atoms with E-state index in [1.807, 2.05) is 24.3 Å². The maximum absolute atomic E-state index is 8.95. The Morgan fingerprint density at radius 3 is 2.75 bits per heavy atom. The summed E-state index contributed by atoms with van der Waals surface area (Å²) >= 11 is 1.76. The third-order valence-electron chi connectivity index (χ3n) is 3.49. The minimum Gasteiger partial charge on any atom is -0.409 e. The number of hydrogen-bond acceptors (Lipinski definition) is 4. The smallest absolute Gasteiger partial charge is 0.172 e. The third-order valence-corrected chi connectivity index (χ3v) is 4.35. The standard InChI is InChI=1S/C15H17N3OS/c16-15(17-19)13-5-1-2-6-14(13)18(11-7-8-11)10-12-4-3-9-20-12/h1-6,9,11,19H,7-8,10H2,(H2,16,17). The maximum Gasteiger partial charge on any atom is 0.172 e. The summed E-state index contributed by atoms with van der Waals surface area (Å²) in [5.74, 6) is 0.164. The Labute approximate surface area is 122 Å². The summed E-state index contributed by atoms with van der Waals surface area (Å²) in [6, 6.07) is 12.6. The van der Waals surface area contributed by atoms with E-state index in [0.29, 0.717) is 6.04 Å². The fourth-order valence-electron chi connectivity index (χ4n) is 2.36. The van der Waals surface area contributed by atoms with Gasteiger partial charge in [-0.05, 0) is 36.4 Å². The summed E-state index contributed by atoms with van der Waals surface area (Å²) in [7, 11) is 0. The average Bonchev–Trinajstić information content (AvgIpc) is 3.20. The van der Waals surface area contributed by atoms with Crippen LogP contribution in [-0.4, -0.2) is 17.1 Å². The van der Waals surface area contributed by atoms with Gasteiger partial charge in [0.15, 0.2) is 5.84 Å². The molecule has 3 rings (SSSR count). The van der Waals surface area contributed by atoms with Gasteiger partial charge in [0.25, 0.3) is 0 Å². The van der Waals surface area contributed by atoms with E-state index in [0.717, 1.165) is 17.8 Å². The van der Waals surface area contributed by atoms with Crippen LogP contribution in [0.25, 0.3) is 0 Å². The Kier molecular flexibility index (Phi) is 3.60. The first kappa shape index (κ1) is 13.0. The van der Waals surface area contributed by atoms with Crippen molar-refractivity contribution in [2.24, 2.45) is 10.9 Å². The lowest BCUT2D eigenvalue weighted by Gasteiger charge is -2.26. The largest absolute Gasteiger partial charge is 0.409 e. The number of nitrogens with two attached hydrogens (primary N) is 1. The second-order valence-corrected chi connectivity index (χ2v) is 5.97. The SMILES string of the molecule is NC(=NO)c1ccccc1N(Cc1cccs1)C1CC1. The molecule has 5 heteroatoms. The van der Waals surface area contributed by atoms with Crippen LogP contribution in [0.4, 0.5) is 5.69 Å². The van der Waals surface area contributed by atoms with Crippen LogP contribution in [0.15, 0.2) is 46.9 Å². The van der Waals surface area contributed by atoms with Crippen molar-refractivity contribution in [3.63, 3.8) is 0 Å². The van der Waals surface area contributed by atoms with E-state index in [-0.39, 0.29) is 5.84 Å². The van der Waals surface area contributed by atoms with Crippen molar-refractivity contribution < 1.29 is 5.21 Å². The molecule has 0 saturated heterocycles.